The SMILES string of the molecule is COc1ccc(NS(=O)(=O)c2ccc(C(C)=NN=c3sc4ccccc4n3C)cc2)cc1. The molecule has 0 bridgehead atoms. The van der Waals surface area contributed by atoms with Gasteiger partial charge in [-0.05, 0) is 61.0 Å². The molecule has 0 aliphatic rings. The lowest BCUT2D eigenvalue weighted by atomic mass is 10.1. The van der Waals surface area contributed by atoms with Gasteiger partial charge in [-0.2, -0.15) is 5.10 Å². The van der Waals surface area contributed by atoms with Crippen molar-refractivity contribution in [3.63, 3.8) is 0 Å². The van der Waals surface area contributed by atoms with Gasteiger partial charge in [0.15, 0.2) is 0 Å². The first kappa shape index (κ1) is 21.8. The van der Waals surface area contributed by atoms with Gasteiger partial charge in [0, 0.05) is 12.7 Å². The van der Waals surface area contributed by atoms with Gasteiger partial charge in [-0.15, -0.1) is 5.10 Å². The number of aromatic nitrogens is 1. The highest BCUT2D eigenvalue weighted by molar-refractivity contribution is 7.92. The molecule has 4 rings (SSSR count). The van der Waals surface area contributed by atoms with E-state index in [1.165, 1.54) is 0 Å². The summed E-state index contributed by atoms with van der Waals surface area (Å²) >= 11 is 1.56. The fourth-order valence-corrected chi connectivity index (χ4v) is 5.13. The molecule has 0 saturated heterocycles. The molecule has 32 heavy (non-hydrogen) atoms. The standard InChI is InChI=1S/C23H22N4O3S2/c1-16(24-25-23-27(2)21-6-4-5-7-22(21)31-23)17-8-14-20(15-9-17)32(28,29)26-18-10-12-19(30-3)13-11-18/h4-15,26H,1-3H3. The van der Waals surface area contributed by atoms with Crippen molar-refractivity contribution in [3.05, 3.63) is 83.2 Å². The van der Waals surface area contributed by atoms with Crippen molar-refractivity contribution < 1.29 is 13.2 Å². The maximum atomic E-state index is 12.7. The molecule has 0 amide bonds. The third kappa shape index (κ3) is 4.58. The lowest BCUT2D eigenvalue weighted by molar-refractivity contribution is 0.415. The van der Waals surface area contributed by atoms with Crippen LogP contribution in [0.3, 0.4) is 0 Å². The zero-order valence-corrected chi connectivity index (χ0v) is 19.4. The summed E-state index contributed by atoms with van der Waals surface area (Å²) in [5, 5.41) is 8.74. The van der Waals surface area contributed by atoms with Crippen LogP contribution in [-0.4, -0.2) is 25.8 Å². The molecule has 164 valence electrons. The van der Waals surface area contributed by atoms with Crippen molar-refractivity contribution >= 4 is 43.0 Å². The predicted molar refractivity (Wildman–Crippen MR) is 129 cm³/mol. The number of hydrogen-bond acceptors (Lipinski definition) is 6. The summed E-state index contributed by atoms with van der Waals surface area (Å²) < 4.78 is 36.2. The van der Waals surface area contributed by atoms with Crippen molar-refractivity contribution in [3.8, 4) is 5.75 Å². The number of fused-ring (bicyclic) bond motifs is 1. The van der Waals surface area contributed by atoms with Gasteiger partial charge in [-0.1, -0.05) is 35.6 Å². The lowest BCUT2D eigenvalue weighted by Gasteiger charge is -2.09. The van der Waals surface area contributed by atoms with E-state index in [9.17, 15) is 8.42 Å². The van der Waals surface area contributed by atoms with Crippen molar-refractivity contribution in [2.24, 2.45) is 17.3 Å². The number of benzene rings is 3. The number of aryl methyl sites for hydroxylation is 1. The molecule has 0 aliphatic heterocycles. The van der Waals surface area contributed by atoms with Crippen LogP contribution < -0.4 is 14.3 Å². The molecule has 0 unspecified atom stereocenters. The van der Waals surface area contributed by atoms with Crippen LogP contribution in [0.1, 0.15) is 12.5 Å². The van der Waals surface area contributed by atoms with E-state index in [4.69, 9.17) is 4.74 Å². The molecule has 0 radical (unpaired) electrons. The highest BCUT2D eigenvalue weighted by Gasteiger charge is 2.14. The Morgan fingerprint density at radius 1 is 1.00 bits per heavy atom. The fourth-order valence-electron chi connectivity index (χ4n) is 3.10. The van der Waals surface area contributed by atoms with Crippen LogP contribution in [0.4, 0.5) is 5.69 Å². The molecule has 1 aromatic heterocycles. The number of thiazole rings is 1. The van der Waals surface area contributed by atoms with Gasteiger partial charge in [0.2, 0.25) is 4.80 Å². The number of ether oxygens (including phenoxy) is 1. The Kier molecular flexibility index (Phi) is 6.11. The molecular formula is C23H22N4O3S2. The second kappa shape index (κ2) is 8.97. The van der Waals surface area contributed by atoms with Crippen molar-refractivity contribution in [1.82, 2.24) is 4.57 Å². The van der Waals surface area contributed by atoms with Crippen LogP contribution >= 0.6 is 11.3 Å². The lowest BCUT2D eigenvalue weighted by Crippen LogP contribution is -2.13. The Bertz CT molecular complexity index is 1450. The summed E-state index contributed by atoms with van der Waals surface area (Å²) in [4.78, 5) is 0.950. The Morgan fingerprint density at radius 2 is 1.69 bits per heavy atom. The predicted octanol–water partition coefficient (Wildman–Crippen LogP) is 4.37. The minimum Gasteiger partial charge on any atom is -0.497 e. The average Bonchev–Trinajstić information content (AvgIpc) is 3.13. The van der Waals surface area contributed by atoms with Crippen LogP contribution in [0.5, 0.6) is 5.75 Å². The van der Waals surface area contributed by atoms with Crippen molar-refractivity contribution in [2.45, 2.75) is 11.8 Å². The molecule has 9 heteroatoms. The third-order valence-electron chi connectivity index (χ3n) is 4.92. The maximum absolute atomic E-state index is 12.7. The summed E-state index contributed by atoms with van der Waals surface area (Å²) in [6.45, 7) is 1.84. The van der Waals surface area contributed by atoms with Crippen LogP contribution in [0.2, 0.25) is 0 Å². The van der Waals surface area contributed by atoms with E-state index < -0.39 is 10.0 Å². The van der Waals surface area contributed by atoms with Crippen LogP contribution in [0.15, 0.2) is 87.9 Å². The molecule has 0 aliphatic carbocycles. The molecule has 1 heterocycles. The number of anilines is 1. The molecule has 0 atom stereocenters. The second-order valence-electron chi connectivity index (χ2n) is 7.06. The summed E-state index contributed by atoms with van der Waals surface area (Å²) in [6.07, 6.45) is 0. The normalized spacial score (nSPS) is 12.8. The zero-order chi connectivity index (χ0) is 22.7. The first-order valence-corrected chi connectivity index (χ1v) is 12.1. The topological polar surface area (TPSA) is 85.0 Å². The van der Waals surface area contributed by atoms with Crippen LogP contribution in [-0.2, 0) is 17.1 Å². The van der Waals surface area contributed by atoms with Gasteiger partial charge in [0.25, 0.3) is 10.0 Å². The largest absolute Gasteiger partial charge is 0.497 e. The Balaban J connectivity index is 1.54. The number of sulfonamides is 1. The molecule has 1 N–H and O–H groups in total. The second-order valence-corrected chi connectivity index (χ2v) is 9.75. The first-order valence-electron chi connectivity index (χ1n) is 9.77. The molecular weight excluding hydrogens is 444 g/mol. The number of para-hydroxylation sites is 1. The van der Waals surface area contributed by atoms with E-state index in [0.29, 0.717) is 17.1 Å². The molecule has 0 spiro atoms. The van der Waals surface area contributed by atoms with Gasteiger partial charge < -0.3 is 9.30 Å². The highest BCUT2D eigenvalue weighted by atomic mass is 32.2. The first-order chi connectivity index (χ1) is 15.4. The van der Waals surface area contributed by atoms with E-state index in [2.05, 4.69) is 21.0 Å². The van der Waals surface area contributed by atoms with E-state index in [0.717, 1.165) is 20.6 Å². The van der Waals surface area contributed by atoms with Crippen molar-refractivity contribution in [1.29, 1.82) is 0 Å². The Morgan fingerprint density at radius 3 is 2.34 bits per heavy atom. The molecule has 0 saturated carbocycles. The summed E-state index contributed by atoms with van der Waals surface area (Å²) in [6, 6.07) is 21.3. The number of nitrogens with zero attached hydrogens (tertiary/aromatic N) is 3. The van der Waals surface area contributed by atoms with Gasteiger partial charge >= 0.3 is 0 Å². The number of hydrogen-bond donors (Lipinski definition) is 1. The summed E-state index contributed by atoms with van der Waals surface area (Å²) in [5.74, 6) is 0.654. The average molecular weight is 467 g/mol. The highest BCUT2D eigenvalue weighted by Crippen LogP contribution is 2.20. The quantitative estimate of drug-likeness (QED) is 0.338. The van der Waals surface area contributed by atoms with E-state index in [-0.39, 0.29) is 4.90 Å². The van der Waals surface area contributed by atoms with E-state index >= 15 is 0 Å². The van der Waals surface area contributed by atoms with Gasteiger partial charge in [-0.25, -0.2) is 8.42 Å². The minimum absolute atomic E-state index is 0.165. The molecule has 7 nitrogen and oxygen atoms in total. The van der Waals surface area contributed by atoms with E-state index in [1.54, 1.807) is 67.0 Å². The molecule has 3 aromatic carbocycles. The monoisotopic (exact) mass is 466 g/mol. The summed E-state index contributed by atoms with van der Waals surface area (Å²) in [7, 11) is -0.193. The van der Waals surface area contributed by atoms with Crippen molar-refractivity contribution in [2.75, 3.05) is 11.8 Å². The summed E-state index contributed by atoms with van der Waals surface area (Å²) in [5.41, 5.74) is 3.04. The zero-order valence-electron chi connectivity index (χ0n) is 17.8. The fraction of sp³-hybridized carbons (Fsp3) is 0.130. The third-order valence-corrected chi connectivity index (χ3v) is 7.43. The number of rotatable bonds is 6. The van der Waals surface area contributed by atoms with Gasteiger partial charge in [0.05, 0.1) is 27.9 Å². The van der Waals surface area contributed by atoms with Crippen LogP contribution in [0.25, 0.3) is 10.2 Å². The number of nitrogens with one attached hydrogen (secondary N) is 1. The smallest absolute Gasteiger partial charge is 0.261 e. The number of methoxy groups -OCH3 is 1. The van der Waals surface area contributed by atoms with Gasteiger partial charge in [0.1, 0.15) is 5.75 Å². The molecule has 0 fully saturated rings. The molecule has 4 aromatic rings. The Labute approximate surface area is 190 Å². The maximum Gasteiger partial charge on any atom is 0.261 e. The van der Waals surface area contributed by atoms with E-state index in [1.807, 2.05) is 36.7 Å². The van der Waals surface area contributed by atoms with Gasteiger partial charge in [-0.3, -0.25) is 4.72 Å². The minimum atomic E-state index is -3.71. The van der Waals surface area contributed by atoms with Crippen LogP contribution in [0, 0.1) is 0 Å². The Hall–Kier alpha value is -3.43.